The van der Waals surface area contributed by atoms with E-state index in [0.717, 1.165) is 25.3 Å². The molecule has 20 heavy (non-hydrogen) atoms. The summed E-state index contributed by atoms with van der Waals surface area (Å²) >= 11 is 1.98. The largest absolute Gasteiger partial charge is 0.464 e. The molecule has 0 spiro atoms. The summed E-state index contributed by atoms with van der Waals surface area (Å²) in [7, 11) is 0. The van der Waals surface area contributed by atoms with Crippen molar-refractivity contribution in [1.29, 1.82) is 0 Å². The number of nitrogens with zero attached hydrogens (tertiary/aromatic N) is 4. The van der Waals surface area contributed by atoms with Crippen LogP contribution in [0.15, 0.2) is 0 Å². The van der Waals surface area contributed by atoms with Gasteiger partial charge in [-0.15, -0.1) is 0 Å². The second-order valence-corrected chi connectivity index (χ2v) is 6.97. The van der Waals surface area contributed by atoms with Crippen molar-refractivity contribution >= 4 is 23.7 Å². The van der Waals surface area contributed by atoms with Crippen LogP contribution in [-0.4, -0.2) is 45.1 Å². The summed E-state index contributed by atoms with van der Waals surface area (Å²) in [5.74, 6) is 7.40. The molecule has 1 aromatic rings. The second-order valence-electron chi connectivity index (χ2n) is 5.16. The number of nitrogen functional groups attached to an aromatic ring is 1. The number of rotatable bonds is 4. The Labute approximate surface area is 123 Å². The Bertz CT molecular complexity index is 456. The fourth-order valence-electron chi connectivity index (χ4n) is 1.97. The summed E-state index contributed by atoms with van der Waals surface area (Å²) in [6, 6.07) is 0.307. The monoisotopic (exact) mass is 298 g/mol. The SMILES string of the molecule is CCOc1nc(NN)nc(N2CCSC(C)(C)CC2)n1. The van der Waals surface area contributed by atoms with E-state index in [1.54, 1.807) is 0 Å². The molecule has 8 heteroatoms. The van der Waals surface area contributed by atoms with Crippen LogP contribution in [0.3, 0.4) is 0 Å². The maximum absolute atomic E-state index is 5.41. The zero-order valence-electron chi connectivity index (χ0n) is 12.2. The van der Waals surface area contributed by atoms with Crippen molar-refractivity contribution < 1.29 is 4.74 Å². The first-order valence-corrected chi connectivity index (χ1v) is 7.77. The number of thioether (sulfide) groups is 1. The van der Waals surface area contributed by atoms with Crippen molar-refractivity contribution in [2.45, 2.75) is 31.9 Å². The molecule has 0 aliphatic carbocycles. The van der Waals surface area contributed by atoms with Crippen LogP contribution >= 0.6 is 11.8 Å². The molecule has 112 valence electrons. The van der Waals surface area contributed by atoms with Crippen LogP contribution in [0.1, 0.15) is 27.2 Å². The van der Waals surface area contributed by atoms with Gasteiger partial charge in [-0.25, -0.2) is 5.84 Å². The highest BCUT2D eigenvalue weighted by molar-refractivity contribution is 8.00. The zero-order valence-corrected chi connectivity index (χ0v) is 13.0. The fraction of sp³-hybridized carbons (Fsp3) is 0.750. The number of hydrogen-bond acceptors (Lipinski definition) is 8. The van der Waals surface area contributed by atoms with E-state index in [2.05, 4.69) is 39.1 Å². The Balaban J connectivity index is 2.20. The lowest BCUT2D eigenvalue weighted by Gasteiger charge is -2.22. The summed E-state index contributed by atoms with van der Waals surface area (Å²) < 4.78 is 5.65. The molecule has 0 radical (unpaired) electrons. The quantitative estimate of drug-likeness (QED) is 0.635. The highest BCUT2D eigenvalue weighted by Crippen LogP contribution is 2.31. The maximum Gasteiger partial charge on any atom is 0.323 e. The first-order chi connectivity index (χ1) is 9.54. The van der Waals surface area contributed by atoms with Crippen LogP contribution in [-0.2, 0) is 0 Å². The lowest BCUT2D eigenvalue weighted by Crippen LogP contribution is -2.29. The maximum atomic E-state index is 5.41. The summed E-state index contributed by atoms with van der Waals surface area (Å²) in [5, 5.41) is 0. The summed E-state index contributed by atoms with van der Waals surface area (Å²) in [6.45, 7) is 8.77. The third-order valence-corrected chi connectivity index (χ3v) is 4.50. The molecule has 1 aliphatic rings. The van der Waals surface area contributed by atoms with E-state index < -0.39 is 0 Å². The van der Waals surface area contributed by atoms with Gasteiger partial charge >= 0.3 is 6.01 Å². The van der Waals surface area contributed by atoms with Crippen molar-refractivity contribution in [3.63, 3.8) is 0 Å². The average molecular weight is 298 g/mol. The predicted octanol–water partition coefficient (Wildman–Crippen LogP) is 1.28. The minimum Gasteiger partial charge on any atom is -0.464 e. The van der Waals surface area contributed by atoms with E-state index >= 15 is 0 Å². The van der Waals surface area contributed by atoms with Gasteiger partial charge in [-0.2, -0.15) is 26.7 Å². The van der Waals surface area contributed by atoms with Gasteiger partial charge in [-0.05, 0) is 13.3 Å². The third kappa shape index (κ3) is 3.86. The Morgan fingerprint density at radius 3 is 2.85 bits per heavy atom. The van der Waals surface area contributed by atoms with Crippen molar-refractivity contribution in [2.24, 2.45) is 5.84 Å². The van der Waals surface area contributed by atoms with E-state index in [9.17, 15) is 0 Å². The number of anilines is 2. The minimum atomic E-state index is 0.291. The summed E-state index contributed by atoms with van der Waals surface area (Å²) in [4.78, 5) is 14.9. The third-order valence-electron chi connectivity index (χ3n) is 3.13. The molecule has 3 N–H and O–H groups in total. The normalized spacial score (nSPS) is 18.5. The van der Waals surface area contributed by atoms with Crippen LogP contribution in [0.2, 0.25) is 0 Å². The van der Waals surface area contributed by atoms with E-state index in [1.807, 2.05) is 18.7 Å². The summed E-state index contributed by atoms with van der Waals surface area (Å²) in [6.07, 6.45) is 1.08. The van der Waals surface area contributed by atoms with Crippen molar-refractivity contribution in [3.05, 3.63) is 0 Å². The molecule has 1 aliphatic heterocycles. The molecular formula is C12H22N6OS. The number of aromatic nitrogens is 3. The Morgan fingerprint density at radius 2 is 2.15 bits per heavy atom. The molecule has 0 amide bonds. The van der Waals surface area contributed by atoms with Gasteiger partial charge in [0.2, 0.25) is 11.9 Å². The molecule has 0 bridgehead atoms. The highest BCUT2D eigenvalue weighted by atomic mass is 32.2. The van der Waals surface area contributed by atoms with E-state index in [1.165, 1.54) is 0 Å². The van der Waals surface area contributed by atoms with Crippen molar-refractivity contribution in [2.75, 3.05) is 35.8 Å². The smallest absolute Gasteiger partial charge is 0.323 e. The minimum absolute atomic E-state index is 0.291. The molecule has 1 aromatic heterocycles. The lowest BCUT2D eigenvalue weighted by atomic mass is 10.1. The second kappa shape index (κ2) is 6.45. The first-order valence-electron chi connectivity index (χ1n) is 6.78. The van der Waals surface area contributed by atoms with Gasteiger partial charge in [-0.1, -0.05) is 13.8 Å². The molecule has 0 atom stereocenters. The number of nitrogens with two attached hydrogens (primary N) is 1. The predicted molar refractivity (Wildman–Crippen MR) is 82.2 cm³/mol. The molecule has 1 fully saturated rings. The fourth-order valence-corrected chi connectivity index (χ4v) is 3.07. The van der Waals surface area contributed by atoms with Crippen LogP contribution < -0.4 is 20.9 Å². The molecule has 2 rings (SSSR count). The van der Waals surface area contributed by atoms with Gasteiger partial charge in [0.25, 0.3) is 0 Å². The molecule has 0 saturated carbocycles. The Kier molecular flexibility index (Phi) is 4.87. The van der Waals surface area contributed by atoms with Gasteiger partial charge in [0.05, 0.1) is 6.61 Å². The number of ether oxygens (including phenoxy) is 1. The van der Waals surface area contributed by atoms with Crippen LogP contribution in [0, 0.1) is 0 Å². The topological polar surface area (TPSA) is 89.2 Å². The number of nitrogens with one attached hydrogen (secondary N) is 1. The molecular weight excluding hydrogens is 276 g/mol. The van der Waals surface area contributed by atoms with E-state index in [-0.39, 0.29) is 0 Å². The molecule has 7 nitrogen and oxygen atoms in total. The van der Waals surface area contributed by atoms with E-state index in [4.69, 9.17) is 10.6 Å². The summed E-state index contributed by atoms with van der Waals surface area (Å²) in [5.41, 5.74) is 2.46. The van der Waals surface area contributed by atoms with Crippen molar-refractivity contribution in [3.8, 4) is 6.01 Å². The van der Waals surface area contributed by atoms with Crippen molar-refractivity contribution in [1.82, 2.24) is 15.0 Å². The van der Waals surface area contributed by atoms with Gasteiger partial charge in [0.15, 0.2) is 0 Å². The lowest BCUT2D eigenvalue weighted by molar-refractivity contribution is 0.312. The molecule has 1 saturated heterocycles. The van der Waals surface area contributed by atoms with Crippen LogP contribution in [0.5, 0.6) is 6.01 Å². The molecule has 0 unspecified atom stereocenters. The van der Waals surface area contributed by atoms with Crippen LogP contribution in [0.4, 0.5) is 11.9 Å². The molecule has 2 heterocycles. The Hall–Kier alpha value is -1.28. The zero-order chi connectivity index (χ0) is 14.6. The highest BCUT2D eigenvalue weighted by Gasteiger charge is 2.25. The van der Waals surface area contributed by atoms with Gasteiger partial charge < -0.3 is 9.64 Å². The van der Waals surface area contributed by atoms with Gasteiger partial charge in [0.1, 0.15) is 0 Å². The average Bonchev–Trinajstić information content (AvgIpc) is 2.59. The standard InChI is InChI=1S/C12H22N6OS/c1-4-19-11-15-9(17-13)14-10(16-11)18-6-5-12(2,3)20-8-7-18/h4-8,13H2,1-3H3,(H,14,15,16,17). The van der Waals surface area contributed by atoms with Crippen LogP contribution in [0.25, 0.3) is 0 Å². The number of hydrogen-bond donors (Lipinski definition) is 2. The first kappa shape index (κ1) is 15.1. The Morgan fingerprint density at radius 1 is 1.35 bits per heavy atom. The van der Waals surface area contributed by atoms with Gasteiger partial charge in [-0.3, -0.25) is 5.43 Å². The van der Waals surface area contributed by atoms with E-state index in [0.29, 0.717) is 29.3 Å². The number of hydrazine groups is 1. The van der Waals surface area contributed by atoms with Gasteiger partial charge in [0, 0.05) is 23.6 Å². The molecule has 0 aromatic carbocycles.